The molecule has 7 heteroatoms. The Labute approximate surface area is 121 Å². The van der Waals surface area contributed by atoms with E-state index in [1.54, 1.807) is 32.5 Å². The maximum Gasteiger partial charge on any atom is 0.329 e. The van der Waals surface area contributed by atoms with E-state index in [1.807, 2.05) is 6.92 Å². The van der Waals surface area contributed by atoms with Gasteiger partial charge in [0.15, 0.2) is 0 Å². The SMILES string of the molecule is C/C=c1\c(=C/C=NC)n(C2CCC(=O)NC2=O)c(=O)n1C. The number of nitrogens with one attached hydrogen (secondary N) is 1. The summed E-state index contributed by atoms with van der Waals surface area (Å²) < 4.78 is 2.91. The first-order chi connectivity index (χ1) is 10.0. The number of nitrogens with zero attached hydrogens (tertiary/aromatic N) is 3. The highest BCUT2D eigenvalue weighted by atomic mass is 16.2. The Morgan fingerprint density at radius 1 is 1.29 bits per heavy atom. The Kier molecular flexibility index (Phi) is 4.21. The van der Waals surface area contributed by atoms with Crippen molar-refractivity contribution in [3.05, 3.63) is 21.2 Å². The van der Waals surface area contributed by atoms with E-state index >= 15 is 0 Å². The standard InChI is InChI=1S/C14H18N4O3/c1-4-9-10(7-8-15-2)18(14(21)17(9)3)11-5-6-12(19)16-13(11)20/h4,7-8,11H,5-6H2,1-3H3,(H,16,19,20)/b9-4+,10-7+,15-8?. The topological polar surface area (TPSA) is 85.5 Å². The van der Waals surface area contributed by atoms with Gasteiger partial charge in [0.2, 0.25) is 11.8 Å². The molecule has 0 saturated carbocycles. The second kappa shape index (κ2) is 5.90. The summed E-state index contributed by atoms with van der Waals surface area (Å²) in [5, 5.41) is 3.61. The molecule has 2 heterocycles. The minimum Gasteiger partial charge on any atom is -0.296 e. The van der Waals surface area contributed by atoms with Crippen LogP contribution < -0.4 is 21.7 Å². The third-order valence-electron chi connectivity index (χ3n) is 3.55. The zero-order valence-electron chi connectivity index (χ0n) is 12.3. The Morgan fingerprint density at radius 3 is 2.57 bits per heavy atom. The fourth-order valence-corrected chi connectivity index (χ4v) is 2.54. The first kappa shape index (κ1) is 15.0. The molecule has 2 amide bonds. The maximum absolute atomic E-state index is 12.4. The van der Waals surface area contributed by atoms with Crippen molar-refractivity contribution < 1.29 is 9.59 Å². The van der Waals surface area contributed by atoms with Crippen LogP contribution in [-0.2, 0) is 16.6 Å². The van der Waals surface area contributed by atoms with Gasteiger partial charge in [-0.3, -0.25) is 29.0 Å². The van der Waals surface area contributed by atoms with Gasteiger partial charge < -0.3 is 0 Å². The molecule has 0 spiro atoms. The van der Waals surface area contributed by atoms with Crippen molar-refractivity contribution in [2.75, 3.05) is 7.05 Å². The highest BCUT2D eigenvalue weighted by molar-refractivity contribution is 5.99. The smallest absolute Gasteiger partial charge is 0.296 e. The number of amides is 2. The van der Waals surface area contributed by atoms with Crippen LogP contribution in [0.4, 0.5) is 0 Å². The van der Waals surface area contributed by atoms with Crippen LogP contribution in [0.3, 0.4) is 0 Å². The summed E-state index contributed by atoms with van der Waals surface area (Å²) in [5.74, 6) is -0.743. The fourth-order valence-electron chi connectivity index (χ4n) is 2.54. The van der Waals surface area contributed by atoms with Gasteiger partial charge in [0.05, 0.1) is 10.7 Å². The van der Waals surface area contributed by atoms with E-state index in [2.05, 4.69) is 10.3 Å². The lowest BCUT2D eigenvalue weighted by molar-refractivity contribution is -0.135. The third-order valence-corrected chi connectivity index (χ3v) is 3.55. The van der Waals surface area contributed by atoms with Crippen LogP contribution in [0.2, 0.25) is 0 Å². The van der Waals surface area contributed by atoms with Crippen molar-refractivity contribution in [3.63, 3.8) is 0 Å². The molecule has 0 radical (unpaired) electrons. The zero-order valence-corrected chi connectivity index (χ0v) is 12.3. The van der Waals surface area contributed by atoms with Crippen LogP contribution in [0, 0.1) is 0 Å². The summed E-state index contributed by atoms with van der Waals surface area (Å²) in [5.41, 5.74) is -0.284. The maximum atomic E-state index is 12.4. The highest BCUT2D eigenvalue weighted by Crippen LogP contribution is 2.14. The molecule has 0 aromatic carbocycles. The number of piperidine rings is 1. The lowest BCUT2D eigenvalue weighted by Gasteiger charge is -2.21. The monoisotopic (exact) mass is 290 g/mol. The molecule has 1 atom stereocenters. The summed E-state index contributed by atoms with van der Waals surface area (Å²) in [4.78, 5) is 39.6. The number of carbonyl (C=O) groups is 2. The van der Waals surface area contributed by atoms with E-state index in [9.17, 15) is 14.4 Å². The molecule has 2 rings (SSSR count). The average molecular weight is 290 g/mol. The largest absolute Gasteiger partial charge is 0.329 e. The molecule has 1 aliphatic heterocycles. The lowest BCUT2D eigenvalue weighted by Crippen LogP contribution is -2.47. The predicted molar refractivity (Wildman–Crippen MR) is 79.4 cm³/mol. The van der Waals surface area contributed by atoms with E-state index in [0.29, 0.717) is 17.1 Å². The summed E-state index contributed by atoms with van der Waals surface area (Å²) >= 11 is 0. The van der Waals surface area contributed by atoms with E-state index in [1.165, 1.54) is 9.13 Å². The molecule has 1 unspecified atom stereocenters. The first-order valence-electron chi connectivity index (χ1n) is 6.71. The Bertz CT molecular complexity index is 782. The van der Waals surface area contributed by atoms with Crippen molar-refractivity contribution in [1.82, 2.24) is 14.5 Å². The Balaban J connectivity index is 2.72. The van der Waals surface area contributed by atoms with Crippen LogP contribution in [-0.4, -0.2) is 34.2 Å². The Hall–Kier alpha value is -2.44. The number of hydrogen-bond donors (Lipinski definition) is 1. The molecule has 7 nitrogen and oxygen atoms in total. The normalized spacial score (nSPS) is 21.4. The first-order valence-corrected chi connectivity index (χ1v) is 6.71. The van der Waals surface area contributed by atoms with Crippen molar-refractivity contribution >= 4 is 30.2 Å². The minimum atomic E-state index is -0.674. The summed E-state index contributed by atoms with van der Waals surface area (Å²) in [6.07, 6.45) is 5.62. The van der Waals surface area contributed by atoms with Gasteiger partial charge in [-0.15, -0.1) is 0 Å². The third kappa shape index (κ3) is 2.58. The molecule has 1 aromatic rings. The minimum absolute atomic E-state index is 0.226. The van der Waals surface area contributed by atoms with Gasteiger partial charge in [-0.05, 0) is 19.4 Å². The van der Waals surface area contributed by atoms with Crippen LogP contribution in [0.25, 0.3) is 12.2 Å². The van der Waals surface area contributed by atoms with Gasteiger partial charge in [0.1, 0.15) is 6.04 Å². The summed E-state index contributed by atoms with van der Waals surface area (Å²) in [7, 11) is 3.28. The van der Waals surface area contributed by atoms with Gasteiger partial charge in [-0.2, -0.15) is 0 Å². The van der Waals surface area contributed by atoms with Crippen molar-refractivity contribution in [2.45, 2.75) is 25.8 Å². The molecule has 0 aliphatic carbocycles. The quantitative estimate of drug-likeness (QED) is 0.528. The van der Waals surface area contributed by atoms with Gasteiger partial charge >= 0.3 is 5.69 Å². The van der Waals surface area contributed by atoms with E-state index in [0.717, 1.165) is 0 Å². The molecule has 1 aliphatic rings. The van der Waals surface area contributed by atoms with Crippen molar-refractivity contribution in [3.8, 4) is 0 Å². The second-order valence-electron chi connectivity index (χ2n) is 4.81. The molecular weight excluding hydrogens is 272 g/mol. The Morgan fingerprint density at radius 2 is 2.00 bits per heavy atom. The van der Waals surface area contributed by atoms with Crippen molar-refractivity contribution in [2.24, 2.45) is 12.0 Å². The lowest BCUT2D eigenvalue weighted by atomic mass is 10.1. The van der Waals surface area contributed by atoms with Gasteiger partial charge in [-0.25, -0.2) is 4.79 Å². The predicted octanol–water partition coefficient (Wildman–Crippen LogP) is -1.55. The molecule has 1 fully saturated rings. The molecule has 1 saturated heterocycles. The van der Waals surface area contributed by atoms with Crippen LogP contribution in [0.1, 0.15) is 25.8 Å². The number of imidazole rings is 1. The summed E-state index contributed by atoms with van der Waals surface area (Å²) in [6.45, 7) is 1.82. The number of aliphatic imine (C=N–C) groups is 1. The van der Waals surface area contributed by atoms with Gasteiger partial charge in [0, 0.05) is 26.7 Å². The average Bonchev–Trinajstić information content (AvgIpc) is 2.68. The molecular formula is C14H18N4O3. The number of rotatable bonds is 2. The molecule has 1 aromatic heterocycles. The van der Waals surface area contributed by atoms with Crippen LogP contribution >= 0.6 is 0 Å². The number of hydrogen-bond acceptors (Lipinski definition) is 4. The highest BCUT2D eigenvalue weighted by Gasteiger charge is 2.30. The number of imide groups is 1. The fraction of sp³-hybridized carbons (Fsp3) is 0.429. The second-order valence-corrected chi connectivity index (χ2v) is 4.81. The van der Waals surface area contributed by atoms with Crippen molar-refractivity contribution in [1.29, 1.82) is 0 Å². The van der Waals surface area contributed by atoms with Gasteiger partial charge in [0.25, 0.3) is 0 Å². The molecule has 21 heavy (non-hydrogen) atoms. The van der Waals surface area contributed by atoms with Crippen LogP contribution in [0.5, 0.6) is 0 Å². The number of carbonyl (C=O) groups excluding carboxylic acids is 2. The molecule has 0 bridgehead atoms. The zero-order chi connectivity index (χ0) is 15.6. The molecule has 1 N–H and O–H groups in total. The van der Waals surface area contributed by atoms with E-state index in [4.69, 9.17) is 0 Å². The van der Waals surface area contributed by atoms with Gasteiger partial charge in [-0.1, -0.05) is 6.08 Å². The van der Waals surface area contributed by atoms with Crippen LogP contribution in [0.15, 0.2) is 9.79 Å². The summed E-state index contributed by atoms with van der Waals surface area (Å²) in [6, 6.07) is -0.674. The number of aromatic nitrogens is 2. The molecule has 112 valence electrons. The van der Waals surface area contributed by atoms with E-state index in [-0.39, 0.29) is 18.0 Å². The van der Waals surface area contributed by atoms with E-state index < -0.39 is 11.9 Å².